The Kier molecular flexibility index (Phi) is 6.37. The Bertz CT molecular complexity index is 2620. The Balaban J connectivity index is 1.05. The zero-order valence-corrected chi connectivity index (χ0v) is 26.1. The van der Waals surface area contributed by atoms with Gasteiger partial charge in [0.15, 0.2) is 11.6 Å². The third-order valence-electron chi connectivity index (χ3n) is 8.62. The standard InChI is InChI=1S/C41H24ClN3S/c42-41-44-39(43-40(45-41)34-18-19-38-36(24-34)35-10-3-4-11-37(35)46-38)33-9-5-8-27(23-33)28-14-15-32-22-31(17-16-30(32)21-28)29-13-12-25-6-1-2-7-26(25)20-29/h1-24H. The molecule has 0 bridgehead atoms. The lowest BCUT2D eigenvalue weighted by Gasteiger charge is -2.10. The van der Waals surface area contributed by atoms with Crippen LogP contribution in [0.25, 0.3) is 86.7 Å². The summed E-state index contributed by atoms with van der Waals surface area (Å²) >= 11 is 8.28. The molecule has 0 spiro atoms. The van der Waals surface area contributed by atoms with E-state index in [1.807, 2.05) is 12.1 Å². The Morgan fingerprint density at radius 1 is 0.370 bits per heavy atom. The number of aromatic nitrogens is 3. The smallest absolute Gasteiger partial charge is 0.208 e. The van der Waals surface area contributed by atoms with E-state index in [0.717, 1.165) is 22.3 Å². The molecule has 0 amide bonds. The molecule has 0 saturated carbocycles. The van der Waals surface area contributed by atoms with Gasteiger partial charge in [0.2, 0.25) is 5.28 Å². The highest BCUT2D eigenvalue weighted by Crippen LogP contribution is 2.36. The Morgan fingerprint density at radius 2 is 0.891 bits per heavy atom. The second-order valence-corrected chi connectivity index (χ2v) is 12.9. The maximum absolute atomic E-state index is 6.49. The molecule has 0 unspecified atom stereocenters. The van der Waals surface area contributed by atoms with E-state index in [4.69, 9.17) is 16.6 Å². The van der Waals surface area contributed by atoms with Crippen LogP contribution < -0.4 is 0 Å². The minimum Gasteiger partial charge on any atom is -0.208 e. The quantitative estimate of drug-likeness (QED) is 0.195. The lowest BCUT2D eigenvalue weighted by atomic mass is 9.96. The molecule has 0 aliphatic heterocycles. The second kappa shape index (κ2) is 10.9. The fourth-order valence-electron chi connectivity index (χ4n) is 6.29. The van der Waals surface area contributed by atoms with Crippen molar-refractivity contribution in [2.45, 2.75) is 0 Å². The van der Waals surface area contributed by atoms with E-state index in [0.29, 0.717) is 11.6 Å². The van der Waals surface area contributed by atoms with Gasteiger partial charge in [0, 0.05) is 31.3 Å². The van der Waals surface area contributed by atoms with E-state index in [2.05, 4.69) is 143 Å². The lowest BCUT2D eigenvalue weighted by Crippen LogP contribution is -1.97. The van der Waals surface area contributed by atoms with Gasteiger partial charge in [0.25, 0.3) is 0 Å². The van der Waals surface area contributed by atoms with E-state index in [-0.39, 0.29) is 5.28 Å². The summed E-state index contributed by atoms with van der Waals surface area (Å²) in [5.74, 6) is 1.11. The number of rotatable bonds is 4. The van der Waals surface area contributed by atoms with Crippen LogP contribution in [0.15, 0.2) is 146 Å². The summed E-state index contributed by atoms with van der Waals surface area (Å²) in [5.41, 5.74) is 6.44. The summed E-state index contributed by atoms with van der Waals surface area (Å²) in [6.07, 6.45) is 0. The van der Waals surface area contributed by atoms with Gasteiger partial charge in [-0.1, -0.05) is 97.1 Å². The highest BCUT2D eigenvalue weighted by molar-refractivity contribution is 7.25. The molecule has 0 aliphatic rings. The number of hydrogen-bond donors (Lipinski definition) is 0. The molecule has 7 aromatic carbocycles. The van der Waals surface area contributed by atoms with E-state index in [1.165, 1.54) is 52.8 Å². The highest BCUT2D eigenvalue weighted by atomic mass is 35.5. The van der Waals surface area contributed by atoms with Gasteiger partial charge in [0.1, 0.15) is 0 Å². The van der Waals surface area contributed by atoms with Gasteiger partial charge in [-0.15, -0.1) is 11.3 Å². The van der Waals surface area contributed by atoms with E-state index >= 15 is 0 Å². The van der Waals surface area contributed by atoms with Gasteiger partial charge in [-0.2, -0.15) is 9.97 Å². The first-order chi connectivity index (χ1) is 22.6. The zero-order chi connectivity index (χ0) is 30.6. The fourth-order valence-corrected chi connectivity index (χ4v) is 7.53. The van der Waals surface area contributed by atoms with Crippen molar-refractivity contribution in [2.75, 3.05) is 0 Å². The first-order valence-corrected chi connectivity index (χ1v) is 16.3. The number of benzene rings is 7. The maximum Gasteiger partial charge on any atom is 0.226 e. The van der Waals surface area contributed by atoms with Crippen LogP contribution in [0.1, 0.15) is 0 Å². The normalized spacial score (nSPS) is 11.6. The monoisotopic (exact) mass is 625 g/mol. The molecule has 0 N–H and O–H groups in total. The molecule has 0 radical (unpaired) electrons. The molecule has 9 rings (SSSR count). The fraction of sp³-hybridized carbons (Fsp3) is 0. The second-order valence-electron chi connectivity index (χ2n) is 11.5. The third kappa shape index (κ3) is 4.80. The molecular formula is C41H24ClN3S. The molecule has 0 saturated heterocycles. The molecule has 2 heterocycles. The summed E-state index contributed by atoms with van der Waals surface area (Å²) in [5, 5.41) is 7.50. The third-order valence-corrected chi connectivity index (χ3v) is 9.94. The number of halogens is 1. The van der Waals surface area contributed by atoms with Gasteiger partial charge in [0.05, 0.1) is 0 Å². The predicted octanol–water partition coefficient (Wildman–Crippen LogP) is 11.9. The van der Waals surface area contributed by atoms with Gasteiger partial charge in [-0.25, -0.2) is 4.98 Å². The highest BCUT2D eigenvalue weighted by Gasteiger charge is 2.13. The predicted molar refractivity (Wildman–Crippen MR) is 194 cm³/mol. The summed E-state index contributed by atoms with van der Waals surface area (Å²) in [6.45, 7) is 0. The van der Waals surface area contributed by atoms with Crippen LogP contribution in [-0.2, 0) is 0 Å². The van der Waals surface area contributed by atoms with Crippen LogP contribution >= 0.6 is 22.9 Å². The minimum absolute atomic E-state index is 0.175. The Labute approximate surface area is 274 Å². The van der Waals surface area contributed by atoms with Gasteiger partial charge in [-0.05, 0) is 104 Å². The van der Waals surface area contributed by atoms with Crippen molar-refractivity contribution in [1.82, 2.24) is 15.0 Å². The SMILES string of the molecule is Clc1nc(-c2cccc(-c3ccc4cc(-c5ccc6ccccc6c5)ccc4c3)c2)nc(-c2ccc3sc4ccccc4c3c2)n1. The van der Waals surface area contributed by atoms with Gasteiger partial charge < -0.3 is 0 Å². The topological polar surface area (TPSA) is 38.7 Å². The molecule has 5 heteroatoms. The number of hydrogen-bond acceptors (Lipinski definition) is 4. The van der Waals surface area contributed by atoms with Crippen LogP contribution in [-0.4, -0.2) is 15.0 Å². The first-order valence-electron chi connectivity index (χ1n) is 15.1. The maximum atomic E-state index is 6.49. The average Bonchev–Trinajstić information content (AvgIpc) is 3.49. The molecule has 0 fully saturated rings. The van der Waals surface area contributed by atoms with E-state index < -0.39 is 0 Å². The lowest BCUT2D eigenvalue weighted by molar-refractivity contribution is 1.07. The summed E-state index contributed by atoms with van der Waals surface area (Å²) < 4.78 is 2.50. The molecule has 2 aromatic heterocycles. The summed E-state index contributed by atoms with van der Waals surface area (Å²) in [4.78, 5) is 13.9. The number of fused-ring (bicyclic) bond motifs is 5. The van der Waals surface area contributed by atoms with Crippen LogP contribution in [0.2, 0.25) is 5.28 Å². The number of thiophene rings is 1. The molecular weight excluding hydrogens is 602 g/mol. The Hall–Kier alpha value is -5.42. The molecule has 46 heavy (non-hydrogen) atoms. The zero-order valence-electron chi connectivity index (χ0n) is 24.5. The van der Waals surface area contributed by atoms with Crippen molar-refractivity contribution in [1.29, 1.82) is 0 Å². The van der Waals surface area contributed by atoms with Crippen LogP contribution in [0, 0.1) is 0 Å². The van der Waals surface area contributed by atoms with E-state index in [1.54, 1.807) is 11.3 Å². The first kappa shape index (κ1) is 26.9. The van der Waals surface area contributed by atoms with Crippen molar-refractivity contribution < 1.29 is 0 Å². The van der Waals surface area contributed by atoms with Gasteiger partial charge in [-0.3, -0.25) is 0 Å². The summed E-state index contributed by atoms with van der Waals surface area (Å²) in [6, 6.07) is 51.5. The van der Waals surface area contributed by atoms with Crippen LogP contribution in [0.3, 0.4) is 0 Å². The molecule has 216 valence electrons. The van der Waals surface area contributed by atoms with Crippen molar-refractivity contribution >= 4 is 64.7 Å². The average molecular weight is 626 g/mol. The van der Waals surface area contributed by atoms with Crippen molar-refractivity contribution in [3.8, 4) is 45.0 Å². The van der Waals surface area contributed by atoms with Crippen LogP contribution in [0.4, 0.5) is 0 Å². The van der Waals surface area contributed by atoms with Gasteiger partial charge >= 0.3 is 0 Å². The molecule has 9 aromatic rings. The molecule has 0 atom stereocenters. The Morgan fingerprint density at radius 3 is 1.63 bits per heavy atom. The van der Waals surface area contributed by atoms with Crippen molar-refractivity contribution in [2.24, 2.45) is 0 Å². The largest absolute Gasteiger partial charge is 0.226 e. The minimum atomic E-state index is 0.175. The van der Waals surface area contributed by atoms with Crippen molar-refractivity contribution in [3.05, 3.63) is 151 Å². The molecule has 0 aliphatic carbocycles. The number of nitrogens with zero attached hydrogens (tertiary/aromatic N) is 3. The van der Waals surface area contributed by atoms with Crippen molar-refractivity contribution in [3.63, 3.8) is 0 Å². The molecule has 3 nitrogen and oxygen atoms in total. The van der Waals surface area contributed by atoms with Crippen LogP contribution in [0.5, 0.6) is 0 Å². The summed E-state index contributed by atoms with van der Waals surface area (Å²) in [7, 11) is 0. The van der Waals surface area contributed by atoms with E-state index in [9.17, 15) is 0 Å².